The van der Waals surface area contributed by atoms with Gasteiger partial charge in [0.05, 0.1) is 16.1 Å². The lowest BCUT2D eigenvalue weighted by Gasteiger charge is -2.09. The zero-order chi connectivity index (χ0) is 13.7. The summed E-state index contributed by atoms with van der Waals surface area (Å²) < 4.78 is 38.7. The van der Waals surface area contributed by atoms with E-state index in [9.17, 15) is 13.2 Å². The van der Waals surface area contributed by atoms with Crippen molar-refractivity contribution >= 4 is 27.2 Å². The van der Waals surface area contributed by atoms with Gasteiger partial charge in [0.15, 0.2) is 6.29 Å². The van der Waals surface area contributed by atoms with Gasteiger partial charge < -0.3 is 15.9 Å². The number of nitrogen functional groups attached to an aromatic ring is 1. The van der Waals surface area contributed by atoms with Gasteiger partial charge >= 0.3 is 6.18 Å². The number of fused-ring (bicyclic) bond motifs is 1. The Bertz CT molecular complexity index is 607. The van der Waals surface area contributed by atoms with Crippen LogP contribution >= 0.6 is 11.3 Å². The van der Waals surface area contributed by atoms with Crippen LogP contribution in [-0.2, 0) is 6.18 Å². The number of nitrogens with zero attached hydrogens (tertiary/aromatic N) is 1. The second kappa shape index (κ2) is 4.08. The Balaban J connectivity index is 2.86. The van der Waals surface area contributed by atoms with Crippen LogP contribution in [0, 0.1) is 6.92 Å². The molecule has 4 nitrogen and oxygen atoms in total. The summed E-state index contributed by atoms with van der Waals surface area (Å²) in [5.74, 6) is 0. The highest BCUT2D eigenvalue weighted by Crippen LogP contribution is 2.43. The van der Waals surface area contributed by atoms with Crippen molar-refractivity contribution < 1.29 is 23.4 Å². The number of aliphatic hydroxyl groups is 2. The van der Waals surface area contributed by atoms with Crippen LogP contribution in [0.5, 0.6) is 0 Å². The third-order valence-electron chi connectivity index (χ3n) is 2.40. The Morgan fingerprint density at radius 3 is 2.50 bits per heavy atom. The largest absolute Gasteiger partial charge is 0.417 e. The molecule has 0 saturated heterocycles. The number of aryl methyl sites for hydroxylation is 1. The number of pyridine rings is 1. The topological polar surface area (TPSA) is 79.4 Å². The molecular weight excluding hydrogens is 269 g/mol. The molecule has 98 valence electrons. The van der Waals surface area contributed by atoms with Gasteiger partial charge in [-0.1, -0.05) is 0 Å². The zero-order valence-corrected chi connectivity index (χ0v) is 9.93. The number of hydrogen-bond acceptors (Lipinski definition) is 5. The van der Waals surface area contributed by atoms with E-state index in [0.29, 0.717) is 0 Å². The Morgan fingerprint density at radius 1 is 1.39 bits per heavy atom. The number of alkyl halides is 3. The monoisotopic (exact) mass is 278 g/mol. The molecule has 0 aliphatic carbocycles. The highest BCUT2D eigenvalue weighted by Gasteiger charge is 2.35. The molecule has 2 aromatic heterocycles. The Labute approximate surface area is 103 Å². The average Bonchev–Trinajstić information content (AvgIpc) is 2.53. The number of aliphatic hydroxyl groups excluding tert-OH is 1. The minimum absolute atomic E-state index is 0.0444. The normalized spacial score (nSPS) is 12.6. The van der Waals surface area contributed by atoms with Crippen molar-refractivity contribution in [3.63, 3.8) is 0 Å². The standard InChI is InChI=1S/C10H9F3N2O2S/c1-3-2-4(10(11,12)13)5-6(14)7(9(16)17)18-8(5)15-3/h2,9,16-17H,14H2,1H3. The number of thiophene rings is 1. The number of hydrogen-bond donors (Lipinski definition) is 3. The molecule has 0 fully saturated rings. The molecule has 0 spiro atoms. The molecule has 2 heterocycles. The number of anilines is 1. The van der Waals surface area contributed by atoms with E-state index in [4.69, 9.17) is 15.9 Å². The predicted octanol–water partition coefficient (Wildman–Crippen LogP) is 2.19. The minimum Gasteiger partial charge on any atom is -0.397 e. The molecule has 0 aliphatic rings. The van der Waals surface area contributed by atoms with Gasteiger partial charge in [-0.25, -0.2) is 4.98 Å². The molecule has 0 saturated carbocycles. The van der Waals surface area contributed by atoms with Crippen molar-refractivity contribution in [2.45, 2.75) is 19.4 Å². The molecule has 2 aromatic rings. The van der Waals surface area contributed by atoms with E-state index >= 15 is 0 Å². The average molecular weight is 278 g/mol. The third-order valence-corrected chi connectivity index (χ3v) is 3.54. The lowest BCUT2D eigenvalue weighted by Crippen LogP contribution is -2.07. The molecule has 8 heteroatoms. The quantitative estimate of drug-likeness (QED) is 0.699. The Kier molecular flexibility index (Phi) is 2.96. The van der Waals surface area contributed by atoms with Crippen LogP contribution in [0.1, 0.15) is 22.4 Å². The summed E-state index contributed by atoms with van der Waals surface area (Å²) in [6, 6.07) is 0.888. The summed E-state index contributed by atoms with van der Waals surface area (Å²) in [5.41, 5.74) is 4.53. The summed E-state index contributed by atoms with van der Waals surface area (Å²) in [7, 11) is 0. The van der Waals surface area contributed by atoms with Crippen LogP contribution in [0.25, 0.3) is 10.2 Å². The summed E-state index contributed by atoms with van der Waals surface area (Å²) >= 11 is 0.740. The van der Waals surface area contributed by atoms with Crippen molar-refractivity contribution in [2.75, 3.05) is 5.73 Å². The second-order valence-corrected chi connectivity index (χ2v) is 4.77. The Morgan fingerprint density at radius 2 is 2.00 bits per heavy atom. The third kappa shape index (κ3) is 2.02. The lowest BCUT2D eigenvalue weighted by molar-refractivity contribution is -0.136. The van der Waals surface area contributed by atoms with Crippen LogP contribution in [0.2, 0.25) is 0 Å². The van der Waals surface area contributed by atoms with E-state index in [1.807, 2.05) is 0 Å². The summed E-state index contributed by atoms with van der Waals surface area (Å²) in [6.07, 6.45) is -6.48. The minimum atomic E-state index is -4.57. The predicted molar refractivity (Wildman–Crippen MR) is 61.0 cm³/mol. The van der Waals surface area contributed by atoms with Crippen LogP contribution < -0.4 is 5.73 Å². The van der Waals surface area contributed by atoms with Gasteiger partial charge in [-0.05, 0) is 13.0 Å². The maximum atomic E-state index is 12.9. The van der Waals surface area contributed by atoms with Crippen molar-refractivity contribution in [3.05, 3.63) is 22.2 Å². The smallest absolute Gasteiger partial charge is 0.397 e. The van der Waals surface area contributed by atoms with Crippen molar-refractivity contribution in [3.8, 4) is 0 Å². The fraction of sp³-hybridized carbons (Fsp3) is 0.300. The molecule has 0 unspecified atom stereocenters. The van der Waals surface area contributed by atoms with E-state index in [2.05, 4.69) is 4.98 Å². The molecule has 0 aliphatic heterocycles. The maximum Gasteiger partial charge on any atom is 0.417 e. The first kappa shape index (κ1) is 13.1. The van der Waals surface area contributed by atoms with Gasteiger partial charge in [0.25, 0.3) is 0 Å². The van der Waals surface area contributed by atoms with Gasteiger partial charge in [0, 0.05) is 11.1 Å². The molecular formula is C10H9F3N2O2S. The molecule has 2 rings (SSSR count). The molecule has 18 heavy (non-hydrogen) atoms. The van der Waals surface area contributed by atoms with E-state index in [0.717, 1.165) is 17.4 Å². The van der Waals surface area contributed by atoms with Gasteiger partial charge in [-0.3, -0.25) is 0 Å². The number of halogens is 3. The lowest BCUT2D eigenvalue weighted by atomic mass is 10.1. The number of rotatable bonds is 1. The fourth-order valence-corrected chi connectivity index (χ4v) is 2.71. The first-order valence-electron chi connectivity index (χ1n) is 4.84. The van der Waals surface area contributed by atoms with E-state index in [1.54, 1.807) is 0 Å². The Hall–Kier alpha value is -1.38. The molecule has 0 bridgehead atoms. The molecule has 0 aromatic carbocycles. The highest BCUT2D eigenvalue weighted by atomic mass is 32.1. The van der Waals surface area contributed by atoms with Gasteiger partial charge in [-0.15, -0.1) is 11.3 Å². The van der Waals surface area contributed by atoms with Gasteiger partial charge in [-0.2, -0.15) is 13.2 Å². The van der Waals surface area contributed by atoms with E-state index < -0.39 is 18.0 Å². The van der Waals surface area contributed by atoms with Crippen LogP contribution in [-0.4, -0.2) is 15.2 Å². The molecule has 0 atom stereocenters. The van der Waals surface area contributed by atoms with Gasteiger partial charge in [0.2, 0.25) is 0 Å². The van der Waals surface area contributed by atoms with Gasteiger partial charge in [0.1, 0.15) is 4.83 Å². The SMILES string of the molecule is Cc1cc(C(F)(F)F)c2c(N)c(C(O)O)sc2n1. The van der Waals surface area contributed by atoms with Crippen LogP contribution in [0.15, 0.2) is 6.07 Å². The fourth-order valence-electron chi connectivity index (χ4n) is 1.68. The molecule has 0 amide bonds. The number of aromatic nitrogens is 1. The zero-order valence-electron chi connectivity index (χ0n) is 9.12. The highest BCUT2D eigenvalue weighted by molar-refractivity contribution is 7.19. The second-order valence-electron chi connectivity index (χ2n) is 3.74. The molecule has 4 N–H and O–H groups in total. The summed E-state index contributed by atoms with van der Waals surface area (Å²) in [4.78, 5) is 3.84. The first-order valence-corrected chi connectivity index (χ1v) is 5.66. The first-order chi connectivity index (χ1) is 8.21. The summed E-state index contributed by atoms with van der Waals surface area (Å²) in [5, 5.41) is 17.8. The van der Waals surface area contributed by atoms with E-state index in [1.165, 1.54) is 6.92 Å². The van der Waals surface area contributed by atoms with E-state index in [-0.39, 0.29) is 26.5 Å². The van der Waals surface area contributed by atoms with Crippen LogP contribution in [0.3, 0.4) is 0 Å². The van der Waals surface area contributed by atoms with Crippen molar-refractivity contribution in [2.24, 2.45) is 0 Å². The maximum absolute atomic E-state index is 12.9. The summed E-state index contributed by atoms with van der Waals surface area (Å²) in [6.45, 7) is 1.43. The van der Waals surface area contributed by atoms with Crippen molar-refractivity contribution in [1.82, 2.24) is 4.98 Å². The number of nitrogens with two attached hydrogens (primary N) is 1. The van der Waals surface area contributed by atoms with Crippen molar-refractivity contribution in [1.29, 1.82) is 0 Å². The van der Waals surface area contributed by atoms with Crippen LogP contribution in [0.4, 0.5) is 18.9 Å². The molecule has 0 radical (unpaired) electrons.